The van der Waals surface area contributed by atoms with Gasteiger partial charge in [0.25, 0.3) is 0 Å². The van der Waals surface area contributed by atoms with Crippen molar-refractivity contribution in [2.24, 2.45) is 0 Å². The van der Waals surface area contributed by atoms with Crippen molar-refractivity contribution in [3.8, 4) is 0 Å². The molecule has 2 nitrogen and oxygen atoms in total. The minimum atomic E-state index is -0.915. The predicted octanol–water partition coefficient (Wildman–Crippen LogP) is 4.06. The minimum Gasteiger partial charge on any atom is -0.385 e. The monoisotopic (exact) mass is 369 g/mol. The Morgan fingerprint density at radius 2 is 1.67 bits per heavy atom. The second-order valence-corrected chi connectivity index (χ2v) is 6.26. The van der Waals surface area contributed by atoms with E-state index in [-0.39, 0.29) is 0 Å². The highest BCUT2D eigenvalue weighted by molar-refractivity contribution is 9.10. The average Bonchev–Trinajstić information content (AvgIpc) is 2.32. The van der Waals surface area contributed by atoms with Crippen LogP contribution in [-0.4, -0.2) is 10.1 Å². The Kier molecular flexibility index (Phi) is 4.20. The molecule has 0 aliphatic carbocycles. The molecule has 0 fully saturated rings. The predicted molar refractivity (Wildman–Crippen MR) is 79.4 cm³/mol. The first-order chi connectivity index (χ1) is 8.47. The molecule has 0 bridgehead atoms. The van der Waals surface area contributed by atoms with E-state index >= 15 is 0 Å². The van der Waals surface area contributed by atoms with Crippen LogP contribution in [-0.2, 0) is 12.0 Å². The van der Waals surface area contributed by atoms with Crippen LogP contribution < -0.4 is 0 Å². The summed E-state index contributed by atoms with van der Waals surface area (Å²) < 4.78 is 1.94. The molecule has 2 aromatic rings. The van der Waals surface area contributed by atoms with Crippen molar-refractivity contribution in [1.82, 2.24) is 4.98 Å². The Morgan fingerprint density at radius 1 is 1.06 bits per heavy atom. The van der Waals surface area contributed by atoms with E-state index in [0.717, 1.165) is 20.2 Å². The van der Waals surface area contributed by atoms with Crippen LogP contribution in [0.3, 0.4) is 0 Å². The highest BCUT2D eigenvalue weighted by Crippen LogP contribution is 2.26. The molecular formula is C14H13Br2NO. The van der Waals surface area contributed by atoms with Crippen molar-refractivity contribution in [3.05, 3.63) is 62.8 Å². The maximum Gasteiger partial charge on any atom is 0.0923 e. The largest absolute Gasteiger partial charge is 0.385 e. The highest BCUT2D eigenvalue weighted by Gasteiger charge is 2.23. The first-order valence-electron chi connectivity index (χ1n) is 5.56. The first-order valence-corrected chi connectivity index (χ1v) is 7.15. The SMILES string of the molecule is CC(O)(Cc1ccc(Br)cn1)c1ccc(Br)cc1. The van der Waals surface area contributed by atoms with Crippen LogP contribution in [0.25, 0.3) is 0 Å². The molecule has 1 heterocycles. The van der Waals surface area contributed by atoms with Gasteiger partial charge in [0.15, 0.2) is 0 Å². The van der Waals surface area contributed by atoms with Crippen molar-refractivity contribution in [2.45, 2.75) is 18.9 Å². The number of aliphatic hydroxyl groups is 1. The van der Waals surface area contributed by atoms with E-state index in [1.807, 2.05) is 36.4 Å². The second kappa shape index (κ2) is 5.51. The number of aromatic nitrogens is 1. The molecule has 1 N–H and O–H groups in total. The van der Waals surface area contributed by atoms with Crippen LogP contribution in [0.5, 0.6) is 0 Å². The molecule has 18 heavy (non-hydrogen) atoms. The third-order valence-corrected chi connectivity index (χ3v) is 3.78. The number of benzene rings is 1. The van der Waals surface area contributed by atoms with E-state index in [1.165, 1.54) is 0 Å². The van der Waals surface area contributed by atoms with Crippen molar-refractivity contribution < 1.29 is 5.11 Å². The fraction of sp³-hybridized carbons (Fsp3) is 0.214. The molecule has 2 rings (SSSR count). The zero-order chi connectivity index (χ0) is 13.2. The molecule has 0 saturated carbocycles. The van der Waals surface area contributed by atoms with E-state index in [1.54, 1.807) is 13.1 Å². The Morgan fingerprint density at radius 3 is 2.22 bits per heavy atom. The van der Waals surface area contributed by atoms with Gasteiger partial charge in [-0.05, 0) is 52.7 Å². The van der Waals surface area contributed by atoms with E-state index in [9.17, 15) is 5.11 Å². The number of halogens is 2. The fourth-order valence-electron chi connectivity index (χ4n) is 1.77. The Labute approximate surface area is 123 Å². The number of rotatable bonds is 3. The van der Waals surface area contributed by atoms with Crippen LogP contribution >= 0.6 is 31.9 Å². The Bertz CT molecular complexity index is 520. The molecule has 1 unspecified atom stereocenters. The number of nitrogens with zero attached hydrogens (tertiary/aromatic N) is 1. The summed E-state index contributed by atoms with van der Waals surface area (Å²) in [6.45, 7) is 1.81. The fourth-order valence-corrected chi connectivity index (χ4v) is 2.27. The lowest BCUT2D eigenvalue weighted by atomic mass is 9.91. The Hall–Kier alpha value is -0.710. The minimum absolute atomic E-state index is 0.488. The van der Waals surface area contributed by atoms with E-state index in [2.05, 4.69) is 36.8 Å². The molecule has 0 spiro atoms. The summed E-state index contributed by atoms with van der Waals surface area (Å²) in [6, 6.07) is 11.5. The van der Waals surface area contributed by atoms with E-state index in [4.69, 9.17) is 0 Å². The van der Waals surface area contributed by atoms with Gasteiger partial charge in [-0.1, -0.05) is 28.1 Å². The first kappa shape index (κ1) is 13.7. The summed E-state index contributed by atoms with van der Waals surface area (Å²) in [6.07, 6.45) is 2.23. The van der Waals surface area contributed by atoms with Crippen LogP contribution in [0.2, 0.25) is 0 Å². The number of hydrogen-bond acceptors (Lipinski definition) is 2. The number of hydrogen-bond donors (Lipinski definition) is 1. The third kappa shape index (κ3) is 3.40. The van der Waals surface area contributed by atoms with Crippen molar-refractivity contribution >= 4 is 31.9 Å². The summed E-state index contributed by atoms with van der Waals surface area (Å²) in [5.74, 6) is 0. The molecule has 1 aromatic heterocycles. The molecule has 0 aliphatic heterocycles. The van der Waals surface area contributed by atoms with Crippen LogP contribution in [0.1, 0.15) is 18.2 Å². The topological polar surface area (TPSA) is 33.1 Å². The van der Waals surface area contributed by atoms with Gasteiger partial charge in [-0.3, -0.25) is 4.98 Å². The van der Waals surface area contributed by atoms with Crippen LogP contribution in [0.15, 0.2) is 51.5 Å². The molecular weight excluding hydrogens is 358 g/mol. The molecule has 0 amide bonds. The van der Waals surface area contributed by atoms with Crippen LogP contribution in [0.4, 0.5) is 0 Å². The summed E-state index contributed by atoms with van der Waals surface area (Å²) >= 11 is 6.74. The maximum atomic E-state index is 10.5. The summed E-state index contributed by atoms with van der Waals surface area (Å²) in [4.78, 5) is 4.29. The van der Waals surface area contributed by atoms with Gasteiger partial charge < -0.3 is 5.11 Å². The van der Waals surface area contributed by atoms with Gasteiger partial charge in [0.05, 0.1) is 5.60 Å². The number of pyridine rings is 1. The van der Waals surface area contributed by atoms with Gasteiger partial charge in [-0.25, -0.2) is 0 Å². The lowest BCUT2D eigenvalue weighted by molar-refractivity contribution is 0.0566. The van der Waals surface area contributed by atoms with Gasteiger partial charge in [0.2, 0.25) is 0 Å². The molecule has 4 heteroatoms. The maximum absolute atomic E-state index is 10.5. The summed E-state index contributed by atoms with van der Waals surface area (Å²) in [5, 5.41) is 10.5. The molecule has 0 radical (unpaired) electrons. The van der Waals surface area contributed by atoms with Crippen molar-refractivity contribution in [3.63, 3.8) is 0 Å². The van der Waals surface area contributed by atoms with Crippen molar-refractivity contribution in [2.75, 3.05) is 0 Å². The molecule has 0 saturated heterocycles. The second-order valence-electron chi connectivity index (χ2n) is 4.43. The highest BCUT2D eigenvalue weighted by atomic mass is 79.9. The lowest BCUT2D eigenvalue weighted by Crippen LogP contribution is -2.24. The van der Waals surface area contributed by atoms with Gasteiger partial charge in [0.1, 0.15) is 0 Å². The lowest BCUT2D eigenvalue weighted by Gasteiger charge is -2.23. The zero-order valence-corrected chi connectivity index (χ0v) is 13.1. The summed E-state index contributed by atoms with van der Waals surface area (Å²) in [5.41, 5.74) is 0.836. The quantitative estimate of drug-likeness (QED) is 0.883. The normalized spacial score (nSPS) is 14.2. The van der Waals surface area contributed by atoms with Gasteiger partial charge in [-0.2, -0.15) is 0 Å². The molecule has 1 atom stereocenters. The Balaban J connectivity index is 2.20. The van der Waals surface area contributed by atoms with Crippen molar-refractivity contribution in [1.29, 1.82) is 0 Å². The van der Waals surface area contributed by atoms with E-state index in [0.29, 0.717) is 6.42 Å². The standard InChI is InChI=1S/C14H13Br2NO/c1-14(18,10-2-4-11(15)5-3-10)8-13-7-6-12(16)9-17-13/h2-7,9,18H,8H2,1H3. The van der Waals surface area contributed by atoms with Gasteiger partial charge in [-0.15, -0.1) is 0 Å². The molecule has 94 valence electrons. The van der Waals surface area contributed by atoms with Gasteiger partial charge >= 0.3 is 0 Å². The summed E-state index contributed by atoms with van der Waals surface area (Å²) in [7, 11) is 0. The molecule has 1 aromatic carbocycles. The van der Waals surface area contributed by atoms with Gasteiger partial charge in [0, 0.05) is 27.3 Å². The molecule has 0 aliphatic rings. The smallest absolute Gasteiger partial charge is 0.0923 e. The third-order valence-electron chi connectivity index (χ3n) is 2.78. The zero-order valence-electron chi connectivity index (χ0n) is 9.90. The van der Waals surface area contributed by atoms with E-state index < -0.39 is 5.60 Å². The van der Waals surface area contributed by atoms with Crippen LogP contribution in [0, 0.1) is 0 Å². The average molecular weight is 371 g/mol.